The smallest absolute Gasteiger partial charge is 0.0452 e. The Bertz CT molecular complexity index is 2110. The summed E-state index contributed by atoms with van der Waals surface area (Å²) in [6.45, 7) is 4.23. The van der Waals surface area contributed by atoms with E-state index in [2.05, 4.69) is 120 Å². The van der Waals surface area contributed by atoms with Gasteiger partial charge in [-0.2, -0.15) is 0 Å². The van der Waals surface area contributed by atoms with Gasteiger partial charge >= 0.3 is 0 Å². The summed E-state index contributed by atoms with van der Waals surface area (Å²) in [5, 5.41) is 4.89. The zero-order valence-corrected chi connectivity index (χ0v) is 26.8. The summed E-state index contributed by atoms with van der Waals surface area (Å²) in [5.41, 5.74) is 10.0. The maximum atomic E-state index is 4.71. The maximum Gasteiger partial charge on any atom is 0.0452 e. The molecular formula is C40H29IrN3-2. The minimum atomic E-state index is 0. The molecule has 3 aromatic heterocycles. The van der Waals surface area contributed by atoms with E-state index in [4.69, 9.17) is 4.98 Å². The third kappa shape index (κ3) is 5.46. The molecule has 8 aromatic rings. The van der Waals surface area contributed by atoms with E-state index >= 15 is 0 Å². The van der Waals surface area contributed by atoms with Gasteiger partial charge in [-0.15, -0.1) is 53.6 Å². The van der Waals surface area contributed by atoms with Crippen LogP contribution in [0.15, 0.2) is 140 Å². The van der Waals surface area contributed by atoms with Crippen molar-refractivity contribution in [3.8, 4) is 28.2 Å². The van der Waals surface area contributed by atoms with E-state index in [9.17, 15) is 0 Å². The van der Waals surface area contributed by atoms with E-state index in [1.54, 1.807) is 6.20 Å². The SMILES string of the molecule is Cc1cnc(-c2[c-]cc(-n3c4ccccc4c4ccccc43)c3ccccc23)cc1C.[Ir].[c-]1ccccc1-c1ccccn1. The molecule has 0 atom stereocenters. The fourth-order valence-electron chi connectivity index (χ4n) is 5.64. The average molecular weight is 744 g/mol. The van der Waals surface area contributed by atoms with Crippen molar-refractivity contribution in [3.05, 3.63) is 163 Å². The normalized spacial score (nSPS) is 10.8. The molecule has 0 spiro atoms. The minimum absolute atomic E-state index is 0. The molecule has 0 saturated carbocycles. The number of hydrogen-bond donors (Lipinski definition) is 0. The second kappa shape index (κ2) is 12.8. The molecule has 0 aliphatic carbocycles. The molecule has 3 nitrogen and oxygen atoms in total. The number of nitrogens with zero attached hydrogens (tertiary/aromatic N) is 3. The first-order valence-electron chi connectivity index (χ1n) is 14.4. The van der Waals surface area contributed by atoms with Crippen LogP contribution in [0.1, 0.15) is 11.1 Å². The van der Waals surface area contributed by atoms with Crippen molar-refractivity contribution in [2.24, 2.45) is 0 Å². The fourth-order valence-corrected chi connectivity index (χ4v) is 5.64. The van der Waals surface area contributed by atoms with Crippen LogP contribution in [0.25, 0.3) is 60.8 Å². The minimum Gasteiger partial charge on any atom is -0.350 e. The molecule has 1 radical (unpaired) electrons. The van der Waals surface area contributed by atoms with Crippen LogP contribution in [0.5, 0.6) is 0 Å². The molecule has 215 valence electrons. The number of rotatable bonds is 3. The molecule has 0 fully saturated rings. The fraction of sp³-hybridized carbons (Fsp3) is 0.0500. The van der Waals surface area contributed by atoms with Crippen molar-refractivity contribution in [3.63, 3.8) is 0 Å². The van der Waals surface area contributed by atoms with Crippen LogP contribution in [0.4, 0.5) is 0 Å². The molecule has 8 rings (SSSR count). The molecule has 0 amide bonds. The van der Waals surface area contributed by atoms with E-state index in [-0.39, 0.29) is 20.1 Å². The molecule has 0 aliphatic rings. The number of aromatic nitrogens is 3. The Morgan fingerprint density at radius 1 is 0.568 bits per heavy atom. The number of fused-ring (bicyclic) bond motifs is 4. The zero-order valence-electron chi connectivity index (χ0n) is 24.5. The van der Waals surface area contributed by atoms with E-state index in [0.717, 1.165) is 33.6 Å². The molecule has 0 saturated heterocycles. The van der Waals surface area contributed by atoms with Crippen LogP contribution in [0.2, 0.25) is 0 Å². The van der Waals surface area contributed by atoms with Crippen LogP contribution < -0.4 is 0 Å². The van der Waals surface area contributed by atoms with Gasteiger partial charge < -0.3 is 14.5 Å². The third-order valence-electron chi connectivity index (χ3n) is 7.93. The van der Waals surface area contributed by atoms with Gasteiger partial charge in [-0.1, -0.05) is 95.2 Å². The standard InChI is InChI=1S/C29H21N2.C11H8N.Ir/c1-19-17-26(30-18-20(19)2)22-15-16-29(23-10-4-3-9-21(22)23)31-27-13-7-5-11-24(27)25-12-6-8-14-28(25)31;1-2-6-10(7-3-1)11-8-4-5-9-12-11;/h3-14,16-18H,1-2H3;1-6,8-9H;/q2*-1;. The number of aryl methyl sites for hydroxylation is 2. The Morgan fingerprint density at radius 3 is 1.84 bits per heavy atom. The Morgan fingerprint density at radius 2 is 1.20 bits per heavy atom. The predicted molar refractivity (Wildman–Crippen MR) is 178 cm³/mol. The van der Waals surface area contributed by atoms with E-state index in [0.29, 0.717) is 0 Å². The van der Waals surface area contributed by atoms with Gasteiger partial charge in [0.05, 0.1) is 0 Å². The van der Waals surface area contributed by atoms with Crippen LogP contribution in [0, 0.1) is 26.0 Å². The van der Waals surface area contributed by atoms with Gasteiger partial charge in [-0.25, -0.2) is 0 Å². The zero-order chi connectivity index (χ0) is 29.2. The third-order valence-corrected chi connectivity index (χ3v) is 7.93. The summed E-state index contributed by atoms with van der Waals surface area (Å²) >= 11 is 0. The number of hydrogen-bond acceptors (Lipinski definition) is 2. The van der Waals surface area contributed by atoms with Crippen LogP contribution in [0.3, 0.4) is 0 Å². The maximum absolute atomic E-state index is 4.71. The summed E-state index contributed by atoms with van der Waals surface area (Å²) in [4.78, 5) is 8.93. The van der Waals surface area contributed by atoms with E-state index < -0.39 is 0 Å². The second-order valence-electron chi connectivity index (χ2n) is 10.6. The van der Waals surface area contributed by atoms with Gasteiger partial charge in [-0.05, 0) is 54.7 Å². The molecule has 0 unspecified atom stereocenters. The summed E-state index contributed by atoms with van der Waals surface area (Å²) in [6, 6.07) is 50.5. The number of para-hydroxylation sites is 2. The van der Waals surface area contributed by atoms with Gasteiger partial charge in [0, 0.05) is 54.3 Å². The van der Waals surface area contributed by atoms with Crippen molar-refractivity contribution < 1.29 is 20.1 Å². The molecule has 3 heterocycles. The van der Waals surface area contributed by atoms with Gasteiger partial charge in [0.15, 0.2) is 0 Å². The first kappa shape index (κ1) is 29.2. The molecule has 4 heteroatoms. The first-order valence-corrected chi connectivity index (χ1v) is 14.4. The number of pyridine rings is 2. The Hall–Kier alpha value is -4.89. The quantitative estimate of drug-likeness (QED) is 0.169. The van der Waals surface area contributed by atoms with Gasteiger partial charge in [0.25, 0.3) is 0 Å². The van der Waals surface area contributed by atoms with Crippen molar-refractivity contribution in [1.29, 1.82) is 0 Å². The number of benzene rings is 5. The molecule has 0 aliphatic heterocycles. The Balaban J connectivity index is 0.000000222. The van der Waals surface area contributed by atoms with Crippen molar-refractivity contribution in [1.82, 2.24) is 14.5 Å². The average Bonchev–Trinajstić information content (AvgIpc) is 3.41. The topological polar surface area (TPSA) is 30.7 Å². The van der Waals surface area contributed by atoms with E-state index in [1.165, 1.54) is 38.3 Å². The van der Waals surface area contributed by atoms with Crippen molar-refractivity contribution >= 4 is 32.6 Å². The monoisotopic (exact) mass is 744 g/mol. The van der Waals surface area contributed by atoms with Crippen LogP contribution in [-0.4, -0.2) is 14.5 Å². The van der Waals surface area contributed by atoms with Crippen molar-refractivity contribution in [2.75, 3.05) is 0 Å². The first-order chi connectivity index (χ1) is 21.2. The van der Waals surface area contributed by atoms with Crippen molar-refractivity contribution in [2.45, 2.75) is 13.8 Å². The van der Waals surface area contributed by atoms with Gasteiger partial charge in [0.1, 0.15) is 0 Å². The molecule has 0 bridgehead atoms. The molecule has 0 N–H and O–H groups in total. The summed E-state index contributed by atoms with van der Waals surface area (Å²) in [6.07, 6.45) is 3.74. The molecular weight excluding hydrogens is 715 g/mol. The van der Waals surface area contributed by atoms with Gasteiger partial charge in [0.2, 0.25) is 0 Å². The largest absolute Gasteiger partial charge is 0.350 e. The molecule has 44 heavy (non-hydrogen) atoms. The summed E-state index contributed by atoms with van der Waals surface area (Å²) in [7, 11) is 0. The second-order valence-corrected chi connectivity index (χ2v) is 10.6. The summed E-state index contributed by atoms with van der Waals surface area (Å²) < 4.78 is 2.36. The Kier molecular flexibility index (Phi) is 8.47. The molecule has 5 aromatic carbocycles. The van der Waals surface area contributed by atoms with E-state index in [1.807, 2.05) is 48.7 Å². The van der Waals surface area contributed by atoms with Crippen LogP contribution in [-0.2, 0) is 20.1 Å². The Labute approximate surface area is 271 Å². The van der Waals surface area contributed by atoms with Crippen LogP contribution >= 0.6 is 0 Å². The van der Waals surface area contributed by atoms with Gasteiger partial charge in [-0.3, -0.25) is 0 Å². The summed E-state index contributed by atoms with van der Waals surface area (Å²) in [5.74, 6) is 0. The predicted octanol–water partition coefficient (Wildman–Crippen LogP) is 9.96.